The van der Waals surface area contributed by atoms with E-state index in [1.54, 1.807) is 19.2 Å². The Morgan fingerprint density at radius 2 is 1.74 bits per heavy atom. The largest absolute Gasteiger partial charge is 0.457 e. The molecule has 0 bridgehead atoms. The smallest absolute Gasteiger partial charge is 0.146 e. The van der Waals surface area contributed by atoms with Gasteiger partial charge < -0.3 is 14.2 Å². The lowest BCUT2D eigenvalue weighted by atomic mass is 10.2. The first-order valence-electron chi connectivity index (χ1n) is 5.87. The molecule has 0 aliphatic heterocycles. The van der Waals surface area contributed by atoms with E-state index in [9.17, 15) is 0 Å². The standard InChI is InChI=1S/C15H15ClO3/c1-17-11-18-10-12-4-2-3-5-15(12)19-14-8-6-13(16)7-9-14/h2-9H,10-11H2,1H3. The maximum absolute atomic E-state index is 5.84. The van der Waals surface area contributed by atoms with Crippen molar-refractivity contribution in [3.8, 4) is 11.5 Å². The monoisotopic (exact) mass is 278 g/mol. The molecule has 0 aliphatic carbocycles. The van der Waals surface area contributed by atoms with Gasteiger partial charge in [-0.05, 0) is 30.3 Å². The van der Waals surface area contributed by atoms with E-state index in [2.05, 4.69) is 0 Å². The molecule has 0 saturated heterocycles. The van der Waals surface area contributed by atoms with E-state index in [1.165, 1.54) is 0 Å². The SMILES string of the molecule is COCOCc1ccccc1Oc1ccc(Cl)cc1. The van der Waals surface area contributed by atoms with Gasteiger partial charge in [-0.15, -0.1) is 0 Å². The predicted molar refractivity (Wildman–Crippen MR) is 74.6 cm³/mol. The highest BCUT2D eigenvalue weighted by Gasteiger charge is 2.04. The van der Waals surface area contributed by atoms with Crippen LogP contribution in [0.1, 0.15) is 5.56 Å². The van der Waals surface area contributed by atoms with Gasteiger partial charge in [0.15, 0.2) is 0 Å². The summed E-state index contributed by atoms with van der Waals surface area (Å²) < 4.78 is 16.0. The Morgan fingerprint density at radius 3 is 2.47 bits per heavy atom. The Labute approximate surface area is 117 Å². The first kappa shape index (κ1) is 13.9. The third kappa shape index (κ3) is 4.24. The lowest BCUT2D eigenvalue weighted by Crippen LogP contribution is -1.98. The average molecular weight is 279 g/mol. The zero-order chi connectivity index (χ0) is 13.5. The minimum atomic E-state index is 0.259. The Balaban J connectivity index is 2.08. The summed E-state index contributed by atoms with van der Waals surface area (Å²) in [4.78, 5) is 0. The zero-order valence-electron chi connectivity index (χ0n) is 10.6. The molecule has 2 rings (SSSR count). The summed E-state index contributed by atoms with van der Waals surface area (Å²) in [7, 11) is 1.59. The van der Waals surface area contributed by atoms with Gasteiger partial charge in [-0.25, -0.2) is 0 Å². The quantitative estimate of drug-likeness (QED) is 0.584. The van der Waals surface area contributed by atoms with Crippen LogP contribution in [0, 0.1) is 0 Å². The normalized spacial score (nSPS) is 10.4. The second kappa shape index (κ2) is 7.14. The molecule has 100 valence electrons. The van der Waals surface area contributed by atoms with Crippen LogP contribution in [0.3, 0.4) is 0 Å². The van der Waals surface area contributed by atoms with Crippen molar-refractivity contribution in [3.05, 3.63) is 59.1 Å². The van der Waals surface area contributed by atoms with Crippen LogP contribution in [0.5, 0.6) is 11.5 Å². The minimum absolute atomic E-state index is 0.259. The molecule has 2 aromatic rings. The van der Waals surface area contributed by atoms with Crippen LogP contribution in [-0.4, -0.2) is 13.9 Å². The van der Waals surface area contributed by atoms with Gasteiger partial charge >= 0.3 is 0 Å². The number of benzene rings is 2. The number of rotatable bonds is 6. The van der Waals surface area contributed by atoms with Crippen LogP contribution in [0.15, 0.2) is 48.5 Å². The second-order valence-corrected chi connectivity index (χ2v) is 4.36. The van der Waals surface area contributed by atoms with E-state index in [1.807, 2.05) is 36.4 Å². The summed E-state index contributed by atoms with van der Waals surface area (Å²) >= 11 is 5.84. The molecule has 19 heavy (non-hydrogen) atoms. The van der Waals surface area contributed by atoms with Crippen molar-refractivity contribution in [2.24, 2.45) is 0 Å². The summed E-state index contributed by atoms with van der Waals surface area (Å²) in [5, 5.41) is 0.684. The fourth-order valence-corrected chi connectivity index (χ4v) is 1.71. The minimum Gasteiger partial charge on any atom is -0.457 e. The van der Waals surface area contributed by atoms with Crippen molar-refractivity contribution < 1.29 is 14.2 Å². The van der Waals surface area contributed by atoms with E-state index in [0.29, 0.717) is 11.6 Å². The molecule has 0 unspecified atom stereocenters. The van der Waals surface area contributed by atoms with E-state index in [0.717, 1.165) is 17.1 Å². The molecule has 0 spiro atoms. The number of hydrogen-bond donors (Lipinski definition) is 0. The lowest BCUT2D eigenvalue weighted by molar-refractivity contribution is -0.0394. The van der Waals surface area contributed by atoms with Crippen molar-refractivity contribution in [1.29, 1.82) is 0 Å². The number of hydrogen-bond acceptors (Lipinski definition) is 3. The summed E-state index contributed by atoms with van der Waals surface area (Å²) in [6.07, 6.45) is 0. The third-order valence-electron chi connectivity index (χ3n) is 2.47. The van der Waals surface area contributed by atoms with Crippen LogP contribution in [0.2, 0.25) is 5.02 Å². The van der Waals surface area contributed by atoms with Crippen molar-refractivity contribution in [3.63, 3.8) is 0 Å². The molecule has 0 N–H and O–H groups in total. The van der Waals surface area contributed by atoms with E-state index < -0.39 is 0 Å². The van der Waals surface area contributed by atoms with Gasteiger partial charge in [0, 0.05) is 17.7 Å². The molecule has 0 saturated carbocycles. The molecule has 0 heterocycles. The molecule has 0 radical (unpaired) electrons. The summed E-state index contributed by atoms with van der Waals surface area (Å²) in [5.41, 5.74) is 0.967. The van der Waals surface area contributed by atoms with Crippen molar-refractivity contribution in [1.82, 2.24) is 0 Å². The molecule has 4 heteroatoms. The lowest BCUT2D eigenvalue weighted by Gasteiger charge is -2.11. The third-order valence-corrected chi connectivity index (χ3v) is 2.72. The van der Waals surface area contributed by atoms with E-state index in [-0.39, 0.29) is 6.79 Å². The highest BCUT2D eigenvalue weighted by Crippen LogP contribution is 2.26. The second-order valence-electron chi connectivity index (χ2n) is 3.92. The van der Waals surface area contributed by atoms with Crippen LogP contribution < -0.4 is 4.74 Å². The number of halogens is 1. The van der Waals surface area contributed by atoms with Crippen molar-refractivity contribution in [2.45, 2.75) is 6.61 Å². The van der Waals surface area contributed by atoms with Gasteiger partial charge in [0.25, 0.3) is 0 Å². The maximum atomic E-state index is 5.84. The Hall–Kier alpha value is -1.55. The van der Waals surface area contributed by atoms with Gasteiger partial charge in [0.2, 0.25) is 0 Å². The van der Waals surface area contributed by atoms with Crippen molar-refractivity contribution in [2.75, 3.05) is 13.9 Å². The van der Waals surface area contributed by atoms with Crippen LogP contribution in [-0.2, 0) is 16.1 Å². The zero-order valence-corrected chi connectivity index (χ0v) is 11.4. The first-order chi connectivity index (χ1) is 9.29. The average Bonchev–Trinajstić information content (AvgIpc) is 2.43. The molecule has 0 fully saturated rings. The number of methoxy groups -OCH3 is 1. The molecule has 0 aromatic heterocycles. The highest BCUT2D eigenvalue weighted by molar-refractivity contribution is 6.30. The van der Waals surface area contributed by atoms with Crippen molar-refractivity contribution >= 4 is 11.6 Å². The predicted octanol–water partition coefficient (Wildman–Crippen LogP) is 4.25. The molecule has 3 nitrogen and oxygen atoms in total. The molecule has 0 atom stereocenters. The van der Waals surface area contributed by atoms with E-state index in [4.69, 9.17) is 25.8 Å². The fraction of sp³-hybridized carbons (Fsp3) is 0.200. The topological polar surface area (TPSA) is 27.7 Å². The Bertz CT molecular complexity index is 511. The molecular weight excluding hydrogens is 264 g/mol. The number of para-hydroxylation sites is 1. The summed E-state index contributed by atoms with van der Waals surface area (Å²) in [5.74, 6) is 1.50. The van der Waals surface area contributed by atoms with E-state index >= 15 is 0 Å². The highest BCUT2D eigenvalue weighted by atomic mass is 35.5. The van der Waals surface area contributed by atoms with Gasteiger partial charge in [0.05, 0.1) is 6.61 Å². The molecular formula is C15H15ClO3. The molecule has 0 amide bonds. The summed E-state index contributed by atoms with van der Waals surface area (Å²) in [6, 6.07) is 15.0. The van der Waals surface area contributed by atoms with Gasteiger partial charge in [-0.1, -0.05) is 29.8 Å². The molecule has 2 aromatic carbocycles. The van der Waals surface area contributed by atoms with Crippen LogP contribution in [0.25, 0.3) is 0 Å². The van der Waals surface area contributed by atoms with Crippen LogP contribution in [0.4, 0.5) is 0 Å². The Morgan fingerprint density at radius 1 is 1.00 bits per heavy atom. The summed E-state index contributed by atoms with van der Waals surface area (Å²) in [6.45, 7) is 0.701. The Kier molecular flexibility index (Phi) is 5.21. The maximum Gasteiger partial charge on any atom is 0.146 e. The first-order valence-corrected chi connectivity index (χ1v) is 6.25. The fourth-order valence-electron chi connectivity index (χ4n) is 1.59. The van der Waals surface area contributed by atoms with Crippen LogP contribution >= 0.6 is 11.6 Å². The number of ether oxygens (including phenoxy) is 3. The van der Waals surface area contributed by atoms with Gasteiger partial charge in [-0.3, -0.25) is 0 Å². The molecule has 0 aliphatic rings. The van der Waals surface area contributed by atoms with Gasteiger partial charge in [0.1, 0.15) is 18.3 Å². The van der Waals surface area contributed by atoms with Gasteiger partial charge in [-0.2, -0.15) is 0 Å².